The van der Waals surface area contributed by atoms with Gasteiger partial charge in [0.15, 0.2) is 12.4 Å². The molecule has 12 nitrogen and oxygen atoms in total. The Bertz CT molecular complexity index is 1510. The second kappa shape index (κ2) is 46.2. The number of ether oxygens (including phenoxy) is 4. The van der Waals surface area contributed by atoms with Crippen molar-refractivity contribution in [3.63, 3.8) is 0 Å². The zero-order valence-electron chi connectivity index (χ0n) is 43.9. The number of hydrogen-bond acceptors (Lipinski definition) is 11. The predicted octanol–water partition coefficient (Wildman–Crippen LogP) is 13.2. The van der Waals surface area contributed by atoms with E-state index >= 15 is 0 Å². The topological polar surface area (TPSA) is 186 Å². The fourth-order valence-corrected chi connectivity index (χ4v) is 9.00. The summed E-state index contributed by atoms with van der Waals surface area (Å²) >= 11 is 0. The molecule has 4 N–H and O–H groups in total. The minimum Gasteiger partial charge on any atom is -0.462 e. The Hall–Kier alpha value is -2.65. The summed E-state index contributed by atoms with van der Waals surface area (Å²) in [5.41, 5.74) is 0. The van der Waals surface area contributed by atoms with Crippen molar-refractivity contribution in [1.82, 2.24) is 0 Å². The van der Waals surface area contributed by atoms with Crippen LogP contribution in [0.25, 0.3) is 0 Å². The van der Waals surface area contributed by atoms with E-state index < -0.39 is 71.2 Å². The molecule has 406 valence electrons. The Morgan fingerprint density at radius 3 is 1.36 bits per heavy atom. The van der Waals surface area contributed by atoms with E-state index in [0.29, 0.717) is 12.8 Å². The van der Waals surface area contributed by atoms with Gasteiger partial charge in [-0.3, -0.25) is 14.1 Å². The van der Waals surface area contributed by atoms with E-state index in [1.54, 1.807) is 0 Å². The second-order valence-corrected chi connectivity index (χ2v) is 20.7. The fourth-order valence-electron chi connectivity index (χ4n) is 8.31. The van der Waals surface area contributed by atoms with E-state index in [1.165, 1.54) is 116 Å². The van der Waals surface area contributed by atoms with Gasteiger partial charge in [-0.2, -0.15) is 8.42 Å². The number of aliphatic hydroxyl groups is 3. The normalized spacial score (nSPS) is 19.4. The third kappa shape index (κ3) is 39.9. The third-order valence-corrected chi connectivity index (χ3v) is 13.3. The van der Waals surface area contributed by atoms with Crippen LogP contribution in [0, 0.1) is 0 Å². The quantitative estimate of drug-likeness (QED) is 0.0196. The lowest BCUT2D eigenvalue weighted by Crippen LogP contribution is -2.60. The molecule has 70 heavy (non-hydrogen) atoms. The lowest BCUT2D eigenvalue weighted by atomic mass is 10.00. The molecule has 6 atom stereocenters. The van der Waals surface area contributed by atoms with Gasteiger partial charge in [0.1, 0.15) is 36.8 Å². The highest BCUT2D eigenvalue weighted by Crippen LogP contribution is 2.24. The number of carbonyl (C=O) groups excluding carboxylic acids is 2. The molecule has 0 aromatic rings. The first-order chi connectivity index (χ1) is 34.0. The summed E-state index contributed by atoms with van der Waals surface area (Å²) in [7, 11) is -4.61. The number of allylic oxidation sites excluding steroid dienone is 10. The van der Waals surface area contributed by atoms with Gasteiger partial charge < -0.3 is 34.3 Å². The Balaban J connectivity index is 2.33. The van der Waals surface area contributed by atoms with Crippen LogP contribution in [0.1, 0.15) is 232 Å². The molecule has 0 amide bonds. The molecular formula is C57H100O12S. The SMILES string of the molecule is CC/C=C\C/C=C\C/C=C\C/C=C\CCCCCCCCCCCCC(=O)OC(COC(=O)CCCCCCCCCCC/C=C\CCCCCCCC)COC1OC(CS(=O)(=O)O)C(O)C(O)C1O. The zero-order chi connectivity index (χ0) is 51.2. The molecule has 13 heteroatoms. The minimum absolute atomic E-state index is 0.157. The maximum atomic E-state index is 12.9. The minimum atomic E-state index is -4.61. The van der Waals surface area contributed by atoms with E-state index in [0.717, 1.165) is 77.0 Å². The van der Waals surface area contributed by atoms with Crippen LogP contribution in [-0.4, -0.2) is 96.0 Å². The van der Waals surface area contributed by atoms with Crippen molar-refractivity contribution in [2.45, 2.75) is 269 Å². The molecule has 1 rings (SSSR count). The van der Waals surface area contributed by atoms with Crippen LogP contribution in [-0.2, 0) is 38.7 Å². The van der Waals surface area contributed by atoms with Crippen molar-refractivity contribution in [2.75, 3.05) is 19.0 Å². The fraction of sp³-hybridized carbons (Fsp3) is 0.789. The summed E-state index contributed by atoms with van der Waals surface area (Å²) in [6.45, 7) is 3.67. The van der Waals surface area contributed by atoms with Crippen molar-refractivity contribution >= 4 is 22.1 Å². The number of carbonyl (C=O) groups is 2. The highest BCUT2D eigenvalue weighted by atomic mass is 32.2. The summed E-state index contributed by atoms with van der Waals surface area (Å²) in [4.78, 5) is 25.6. The number of aliphatic hydroxyl groups excluding tert-OH is 3. The predicted molar refractivity (Wildman–Crippen MR) is 284 cm³/mol. The summed E-state index contributed by atoms with van der Waals surface area (Å²) < 4.78 is 54.4. The van der Waals surface area contributed by atoms with E-state index in [9.17, 15) is 37.9 Å². The van der Waals surface area contributed by atoms with Crippen molar-refractivity contribution in [3.05, 3.63) is 60.8 Å². The van der Waals surface area contributed by atoms with Gasteiger partial charge in [-0.05, 0) is 77.0 Å². The second-order valence-electron chi connectivity index (χ2n) is 19.2. The standard InChI is InChI=1S/C57H100O12S/c1-3-5-7-9-11-13-15-17-19-21-23-24-25-26-28-30-32-34-36-38-40-42-44-46-53(59)68-50(48-67-57-56(62)55(61)54(60)51(69-57)49-70(63,64)65)47-66-52(58)45-43-41-39-37-35-33-31-29-27-22-20-18-16-14-12-10-8-6-4-2/h5,7,11,13,17-20,23-24,50-51,54-57,60-62H,3-4,6,8-10,12,14-16,21-22,25-49H2,1-2H3,(H,63,64,65)/b7-5-,13-11-,19-17-,20-18-,24-23-. The largest absolute Gasteiger partial charge is 0.462 e. The van der Waals surface area contributed by atoms with Gasteiger partial charge in [0.05, 0.1) is 6.61 Å². The molecule has 1 heterocycles. The Kier molecular flexibility index (Phi) is 43.1. The highest BCUT2D eigenvalue weighted by molar-refractivity contribution is 7.85. The highest BCUT2D eigenvalue weighted by Gasteiger charge is 2.46. The Morgan fingerprint density at radius 2 is 0.900 bits per heavy atom. The summed E-state index contributed by atoms with van der Waals surface area (Å²) in [6, 6.07) is 0. The van der Waals surface area contributed by atoms with Gasteiger partial charge in [0, 0.05) is 12.8 Å². The lowest BCUT2D eigenvalue weighted by Gasteiger charge is -2.40. The van der Waals surface area contributed by atoms with Crippen molar-refractivity contribution < 1.29 is 56.8 Å². The molecule has 1 aliphatic rings. The van der Waals surface area contributed by atoms with Crippen LogP contribution >= 0.6 is 0 Å². The molecule has 0 radical (unpaired) electrons. The van der Waals surface area contributed by atoms with Gasteiger partial charge in [0.25, 0.3) is 10.1 Å². The first-order valence-corrected chi connectivity index (χ1v) is 29.5. The van der Waals surface area contributed by atoms with Crippen molar-refractivity contribution in [3.8, 4) is 0 Å². The van der Waals surface area contributed by atoms with Crippen LogP contribution in [0.5, 0.6) is 0 Å². The number of unbranched alkanes of at least 4 members (excludes halogenated alkanes) is 25. The monoisotopic (exact) mass is 1010 g/mol. The van der Waals surface area contributed by atoms with Gasteiger partial charge in [-0.1, -0.05) is 203 Å². The zero-order valence-corrected chi connectivity index (χ0v) is 44.7. The average molecular weight is 1010 g/mol. The van der Waals surface area contributed by atoms with E-state index in [1.807, 2.05) is 0 Å². The van der Waals surface area contributed by atoms with Crippen LogP contribution in [0.3, 0.4) is 0 Å². The Labute approximate surface area is 426 Å². The van der Waals surface area contributed by atoms with Crippen molar-refractivity contribution in [2.24, 2.45) is 0 Å². The molecular weight excluding hydrogens is 909 g/mol. The van der Waals surface area contributed by atoms with Crippen LogP contribution < -0.4 is 0 Å². The summed E-state index contributed by atoms with van der Waals surface area (Å²) in [5.74, 6) is -1.99. The van der Waals surface area contributed by atoms with Crippen molar-refractivity contribution in [1.29, 1.82) is 0 Å². The molecule has 0 saturated carbocycles. The maximum absolute atomic E-state index is 12.9. The number of esters is 2. The summed E-state index contributed by atoms with van der Waals surface area (Å²) in [5, 5.41) is 31.0. The first-order valence-electron chi connectivity index (χ1n) is 27.8. The van der Waals surface area contributed by atoms with Crippen LogP contribution in [0.4, 0.5) is 0 Å². The first kappa shape index (κ1) is 65.4. The summed E-state index contributed by atoms with van der Waals surface area (Å²) in [6.07, 6.45) is 49.7. The molecule has 0 aromatic carbocycles. The van der Waals surface area contributed by atoms with Gasteiger partial charge in [-0.25, -0.2) is 0 Å². The molecule has 1 fully saturated rings. The molecule has 0 aromatic heterocycles. The lowest BCUT2D eigenvalue weighted by molar-refractivity contribution is -0.297. The molecule has 0 bridgehead atoms. The van der Waals surface area contributed by atoms with E-state index in [-0.39, 0.29) is 19.4 Å². The van der Waals surface area contributed by atoms with Gasteiger partial charge in [0.2, 0.25) is 0 Å². The molecule has 0 spiro atoms. The third-order valence-electron chi connectivity index (χ3n) is 12.6. The number of hydrogen-bond donors (Lipinski definition) is 4. The smallest absolute Gasteiger partial charge is 0.306 e. The van der Waals surface area contributed by atoms with Gasteiger partial charge in [-0.15, -0.1) is 0 Å². The number of rotatable bonds is 47. The van der Waals surface area contributed by atoms with Crippen LogP contribution in [0.2, 0.25) is 0 Å². The van der Waals surface area contributed by atoms with E-state index in [2.05, 4.69) is 74.6 Å². The van der Waals surface area contributed by atoms with Gasteiger partial charge >= 0.3 is 11.9 Å². The van der Waals surface area contributed by atoms with E-state index in [4.69, 9.17) is 18.9 Å². The average Bonchev–Trinajstić information content (AvgIpc) is 3.33. The molecule has 1 saturated heterocycles. The maximum Gasteiger partial charge on any atom is 0.306 e. The Morgan fingerprint density at radius 1 is 0.500 bits per heavy atom. The molecule has 1 aliphatic heterocycles. The molecule has 0 aliphatic carbocycles. The van der Waals surface area contributed by atoms with Crippen LogP contribution in [0.15, 0.2) is 60.8 Å². The molecule has 6 unspecified atom stereocenters.